The molecule has 0 saturated heterocycles. The van der Waals surface area contributed by atoms with Gasteiger partial charge >= 0.3 is 0 Å². The first-order chi connectivity index (χ1) is 10.6. The molecule has 6 nitrogen and oxygen atoms in total. The third-order valence-corrected chi connectivity index (χ3v) is 3.59. The summed E-state index contributed by atoms with van der Waals surface area (Å²) in [4.78, 5) is 11.7. The first-order valence-electron chi connectivity index (χ1n) is 6.56. The summed E-state index contributed by atoms with van der Waals surface area (Å²) >= 11 is 0. The van der Waals surface area contributed by atoms with Gasteiger partial charge in [-0.25, -0.2) is 4.39 Å². The van der Waals surface area contributed by atoms with Crippen molar-refractivity contribution in [3.8, 4) is 5.69 Å². The van der Waals surface area contributed by atoms with Gasteiger partial charge in [-0.2, -0.15) is 10.2 Å². The lowest BCUT2D eigenvalue weighted by atomic mass is 10.1. The summed E-state index contributed by atoms with van der Waals surface area (Å²) in [6.45, 7) is 0. The Bertz CT molecular complexity index is 1020. The average Bonchev–Trinajstić information content (AvgIpc) is 3.11. The van der Waals surface area contributed by atoms with Gasteiger partial charge in [-0.15, -0.1) is 0 Å². The average molecular weight is 295 g/mol. The van der Waals surface area contributed by atoms with Crippen molar-refractivity contribution in [2.75, 3.05) is 0 Å². The molecule has 0 aliphatic carbocycles. The zero-order valence-corrected chi connectivity index (χ0v) is 11.2. The van der Waals surface area contributed by atoms with Gasteiger partial charge in [-0.05, 0) is 36.4 Å². The molecule has 0 bridgehead atoms. The van der Waals surface area contributed by atoms with Crippen molar-refractivity contribution in [3.05, 3.63) is 54.1 Å². The van der Waals surface area contributed by atoms with E-state index in [4.69, 9.17) is 5.73 Å². The highest BCUT2D eigenvalue weighted by Crippen LogP contribution is 2.28. The van der Waals surface area contributed by atoms with Crippen LogP contribution in [0.5, 0.6) is 0 Å². The quantitative estimate of drug-likeness (QED) is 0.593. The third kappa shape index (κ3) is 1.69. The molecular formula is C15H10FN5O. The Morgan fingerprint density at radius 1 is 1.14 bits per heavy atom. The Balaban J connectivity index is 2.14. The molecule has 4 aromatic rings. The van der Waals surface area contributed by atoms with E-state index in [1.54, 1.807) is 35.1 Å². The molecule has 0 fully saturated rings. The smallest absolute Gasteiger partial charge is 0.267 e. The number of halogens is 1. The van der Waals surface area contributed by atoms with E-state index in [2.05, 4.69) is 15.3 Å². The number of hydrogen-bond acceptors (Lipinski definition) is 3. The Hall–Kier alpha value is -3.22. The van der Waals surface area contributed by atoms with E-state index in [-0.39, 0.29) is 11.5 Å². The highest BCUT2D eigenvalue weighted by atomic mass is 19.1. The Morgan fingerprint density at radius 3 is 2.64 bits per heavy atom. The number of benzene rings is 2. The fourth-order valence-electron chi connectivity index (χ4n) is 2.60. The fraction of sp³-hybridized carbons (Fsp3) is 0. The zero-order chi connectivity index (χ0) is 15.3. The van der Waals surface area contributed by atoms with E-state index >= 15 is 0 Å². The van der Waals surface area contributed by atoms with Crippen LogP contribution in [0.3, 0.4) is 0 Å². The maximum absolute atomic E-state index is 13.1. The largest absolute Gasteiger partial charge is 0.364 e. The van der Waals surface area contributed by atoms with Gasteiger partial charge in [0.05, 0.1) is 22.9 Å². The lowest BCUT2D eigenvalue weighted by molar-refractivity contribution is 0.0996. The van der Waals surface area contributed by atoms with Crippen molar-refractivity contribution in [1.29, 1.82) is 0 Å². The van der Waals surface area contributed by atoms with Crippen LogP contribution in [-0.2, 0) is 0 Å². The van der Waals surface area contributed by atoms with Crippen molar-refractivity contribution in [3.63, 3.8) is 0 Å². The van der Waals surface area contributed by atoms with Gasteiger partial charge in [0.1, 0.15) is 11.5 Å². The van der Waals surface area contributed by atoms with Gasteiger partial charge in [0, 0.05) is 10.8 Å². The number of amides is 1. The van der Waals surface area contributed by atoms with Crippen LogP contribution in [0, 0.1) is 5.82 Å². The first-order valence-corrected chi connectivity index (χ1v) is 6.56. The number of nitrogens with two attached hydrogens (primary N) is 1. The molecule has 0 spiro atoms. The third-order valence-electron chi connectivity index (χ3n) is 3.59. The summed E-state index contributed by atoms with van der Waals surface area (Å²) in [5.41, 5.74) is 7.83. The predicted octanol–water partition coefficient (Wildman–Crippen LogP) is 2.14. The number of carbonyl (C=O) groups excluding carboxylic acids is 1. The van der Waals surface area contributed by atoms with Crippen LogP contribution in [0.2, 0.25) is 0 Å². The molecule has 4 rings (SSSR count). The minimum absolute atomic E-state index is 0.280. The molecule has 1 amide bonds. The maximum atomic E-state index is 13.1. The normalized spacial score (nSPS) is 11.3. The van der Waals surface area contributed by atoms with E-state index in [9.17, 15) is 9.18 Å². The van der Waals surface area contributed by atoms with Crippen molar-refractivity contribution >= 4 is 27.7 Å². The van der Waals surface area contributed by atoms with Crippen LogP contribution in [0.1, 0.15) is 10.5 Å². The number of aromatic nitrogens is 4. The molecule has 0 unspecified atom stereocenters. The Morgan fingerprint density at radius 2 is 1.91 bits per heavy atom. The zero-order valence-electron chi connectivity index (χ0n) is 11.2. The standard InChI is InChI=1S/C15H10FN5O/c16-8-1-3-9(4-2-8)21-14-10(13(20-21)15(17)22)5-6-12-11(14)7-18-19-12/h1-7,20H,(H2,17,22). The number of nitrogens with one attached hydrogen (secondary N) is 1. The number of rotatable bonds is 2. The molecule has 7 heteroatoms. The summed E-state index contributed by atoms with van der Waals surface area (Å²) in [6.07, 6.45) is 1.62. The summed E-state index contributed by atoms with van der Waals surface area (Å²) < 4.78 is 14.8. The topological polar surface area (TPSA) is 89.6 Å². The lowest BCUT2D eigenvalue weighted by Crippen LogP contribution is -2.12. The van der Waals surface area contributed by atoms with Gasteiger partial charge < -0.3 is 5.73 Å². The molecule has 0 atom stereocenters. The second-order valence-electron chi connectivity index (χ2n) is 4.90. The molecule has 2 heterocycles. The molecule has 22 heavy (non-hydrogen) atoms. The molecular weight excluding hydrogens is 285 g/mol. The molecule has 0 aliphatic rings. The molecule has 0 saturated carbocycles. The molecule has 108 valence electrons. The van der Waals surface area contributed by atoms with Crippen LogP contribution < -0.4 is 5.73 Å². The van der Waals surface area contributed by atoms with Crippen molar-refractivity contribution < 1.29 is 9.18 Å². The molecule has 0 aliphatic heterocycles. The van der Waals surface area contributed by atoms with Gasteiger partial charge in [-0.3, -0.25) is 14.6 Å². The Kier molecular flexibility index (Phi) is 2.50. The van der Waals surface area contributed by atoms with Gasteiger partial charge in [0.25, 0.3) is 5.91 Å². The number of carbonyl (C=O) groups is 1. The number of hydrogen-bond donors (Lipinski definition) is 2. The summed E-state index contributed by atoms with van der Waals surface area (Å²) in [6, 6.07) is 9.46. The molecule has 3 N–H and O–H groups in total. The predicted molar refractivity (Wildman–Crippen MR) is 79.2 cm³/mol. The van der Waals surface area contributed by atoms with E-state index in [1.807, 2.05) is 0 Å². The summed E-state index contributed by atoms with van der Waals surface area (Å²) in [7, 11) is 0. The minimum Gasteiger partial charge on any atom is -0.364 e. The van der Waals surface area contributed by atoms with E-state index in [0.717, 1.165) is 10.9 Å². The van der Waals surface area contributed by atoms with Crippen molar-refractivity contribution in [1.82, 2.24) is 20.0 Å². The number of nitrogens with zero attached hydrogens (tertiary/aromatic N) is 3. The van der Waals surface area contributed by atoms with Crippen LogP contribution >= 0.6 is 0 Å². The van der Waals surface area contributed by atoms with Crippen LogP contribution in [0.4, 0.5) is 4.39 Å². The summed E-state index contributed by atoms with van der Waals surface area (Å²) in [5.74, 6) is -0.908. The molecule has 2 aromatic carbocycles. The highest BCUT2D eigenvalue weighted by molar-refractivity contribution is 6.12. The SMILES string of the molecule is NC(=O)c1[nH]n(-c2ccc(F)cc2)c2c1ccc1nncc12. The maximum Gasteiger partial charge on any atom is 0.267 e. The van der Waals surface area contributed by atoms with Crippen LogP contribution in [0.25, 0.3) is 27.5 Å². The first kappa shape index (κ1) is 12.5. The van der Waals surface area contributed by atoms with E-state index in [1.165, 1.54) is 12.1 Å². The second-order valence-corrected chi connectivity index (χ2v) is 4.90. The van der Waals surface area contributed by atoms with Crippen molar-refractivity contribution in [2.45, 2.75) is 0 Å². The number of H-pyrrole nitrogens is 1. The second kappa shape index (κ2) is 4.39. The lowest BCUT2D eigenvalue weighted by Gasteiger charge is -2.05. The van der Waals surface area contributed by atoms with Crippen LogP contribution in [0.15, 0.2) is 42.6 Å². The highest BCUT2D eigenvalue weighted by Gasteiger charge is 2.17. The monoisotopic (exact) mass is 295 g/mol. The van der Waals surface area contributed by atoms with Gasteiger partial charge in [0.15, 0.2) is 0 Å². The number of primary amides is 1. The van der Waals surface area contributed by atoms with E-state index in [0.29, 0.717) is 16.6 Å². The molecule has 0 radical (unpaired) electrons. The summed E-state index contributed by atoms with van der Waals surface area (Å²) in [5, 5.41) is 12.3. The number of aromatic amines is 1. The number of fused-ring (bicyclic) bond motifs is 3. The Labute approximate surface area is 123 Å². The van der Waals surface area contributed by atoms with Crippen LogP contribution in [-0.4, -0.2) is 25.9 Å². The van der Waals surface area contributed by atoms with Crippen molar-refractivity contribution in [2.24, 2.45) is 5.73 Å². The minimum atomic E-state index is -0.572. The fourth-order valence-corrected chi connectivity index (χ4v) is 2.60. The van der Waals surface area contributed by atoms with Gasteiger partial charge in [-0.1, -0.05) is 0 Å². The van der Waals surface area contributed by atoms with Gasteiger partial charge in [0.2, 0.25) is 0 Å². The van der Waals surface area contributed by atoms with E-state index < -0.39 is 5.91 Å². The molecule has 2 aromatic heterocycles.